The van der Waals surface area contributed by atoms with E-state index < -0.39 is 0 Å². The molecule has 0 aliphatic carbocycles. The molecule has 0 amide bonds. The lowest BCUT2D eigenvalue weighted by Gasteiger charge is -2.36. The molecule has 2 heterocycles. The summed E-state index contributed by atoms with van der Waals surface area (Å²) < 4.78 is 5.07. The molecule has 14 heavy (non-hydrogen) atoms. The van der Waals surface area contributed by atoms with Gasteiger partial charge in [-0.2, -0.15) is 0 Å². The van der Waals surface area contributed by atoms with Crippen LogP contribution in [-0.4, -0.2) is 28.7 Å². The molecule has 78 valence electrons. The Labute approximate surface area is 84.0 Å². The zero-order valence-corrected chi connectivity index (χ0v) is 8.57. The molecule has 0 atom stereocenters. The van der Waals surface area contributed by atoms with Crippen LogP contribution >= 0.6 is 0 Å². The monoisotopic (exact) mass is 195 g/mol. The van der Waals surface area contributed by atoms with E-state index in [9.17, 15) is 0 Å². The zero-order valence-electron chi connectivity index (χ0n) is 8.57. The van der Waals surface area contributed by atoms with Gasteiger partial charge in [-0.05, 0) is 19.8 Å². The third kappa shape index (κ3) is 2.33. The van der Waals surface area contributed by atoms with Crippen molar-refractivity contribution in [3.8, 4) is 0 Å². The molecule has 1 aromatic heterocycles. The Bertz CT molecular complexity index is 272. The van der Waals surface area contributed by atoms with E-state index >= 15 is 0 Å². The quantitative estimate of drug-likeness (QED) is 0.764. The lowest BCUT2D eigenvalue weighted by atomic mass is 9.91. The smallest absolute Gasteiger partial charge is 0.150 e. The number of likely N-dealkylation sites (tertiary alicyclic amines) is 1. The first-order valence-corrected chi connectivity index (χ1v) is 5.06. The van der Waals surface area contributed by atoms with Gasteiger partial charge < -0.3 is 10.3 Å². The van der Waals surface area contributed by atoms with Gasteiger partial charge in [-0.25, -0.2) is 0 Å². The van der Waals surface area contributed by atoms with Crippen LogP contribution in [0.4, 0.5) is 0 Å². The molecule has 4 nitrogen and oxygen atoms in total. The molecule has 0 saturated carbocycles. The first kappa shape index (κ1) is 9.68. The van der Waals surface area contributed by atoms with Gasteiger partial charge in [0.15, 0.2) is 5.76 Å². The molecule has 2 rings (SSSR count). The van der Waals surface area contributed by atoms with Gasteiger partial charge in [-0.1, -0.05) is 5.16 Å². The highest BCUT2D eigenvalue weighted by Crippen LogP contribution is 2.19. The molecule has 0 unspecified atom stereocenters. The SMILES string of the molecule is CC1(N)CCN(Cc2ccno2)CC1. The molecule has 1 aromatic rings. The number of hydrogen-bond donors (Lipinski definition) is 1. The van der Waals surface area contributed by atoms with Crippen LogP contribution in [0.3, 0.4) is 0 Å². The van der Waals surface area contributed by atoms with E-state index in [1.807, 2.05) is 6.07 Å². The lowest BCUT2D eigenvalue weighted by Crippen LogP contribution is -2.47. The molecule has 0 aromatic carbocycles. The molecule has 0 radical (unpaired) electrons. The van der Waals surface area contributed by atoms with Crippen LogP contribution in [-0.2, 0) is 6.54 Å². The second-order valence-corrected chi connectivity index (χ2v) is 4.41. The Hall–Kier alpha value is -0.870. The Kier molecular flexibility index (Phi) is 2.56. The van der Waals surface area contributed by atoms with Crippen LogP contribution in [0.15, 0.2) is 16.8 Å². The predicted molar refractivity (Wildman–Crippen MR) is 53.6 cm³/mol. The summed E-state index contributed by atoms with van der Waals surface area (Å²) in [4.78, 5) is 2.36. The van der Waals surface area contributed by atoms with Crippen molar-refractivity contribution >= 4 is 0 Å². The van der Waals surface area contributed by atoms with E-state index in [1.54, 1.807) is 6.20 Å². The highest BCUT2D eigenvalue weighted by molar-refractivity contribution is 4.94. The van der Waals surface area contributed by atoms with Crippen molar-refractivity contribution in [3.63, 3.8) is 0 Å². The van der Waals surface area contributed by atoms with Gasteiger partial charge in [-0.3, -0.25) is 4.90 Å². The molecule has 1 aliphatic heterocycles. The van der Waals surface area contributed by atoms with Gasteiger partial charge in [0.1, 0.15) is 0 Å². The fourth-order valence-electron chi connectivity index (χ4n) is 1.77. The maximum Gasteiger partial charge on any atom is 0.150 e. The van der Waals surface area contributed by atoms with Gasteiger partial charge in [0.25, 0.3) is 0 Å². The number of nitrogens with zero attached hydrogens (tertiary/aromatic N) is 2. The Balaban J connectivity index is 1.85. The molecule has 1 aliphatic rings. The summed E-state index contributed by atoms with van der Waals surface area (Å²) in [6.07, 6.45) is 3.80. The van der Waals surface area contributed by atoms with E-state index in [0.29, 0.717) is 0 Å². The second kappa shape index (κ2) is 3.71. The molecule has 4 heteroatoms. The fourth-order valence-corrected chi connectivity index (χ4v) is 1.77. The van der Waals surface area contributed by atoms with Crippen molar-refractivity contribution in [2.24, 2.45) is 5.73 Å². The molecule has 1 fully saturated rings. The van der Waals surface area contributed by atoms with Crippen molar-refractivity contribution in [1.82, 2.24) is 10.1 Å². The van der Waals surface area contributed by atoms with Crippen LogP contribution in [0, 0.1) is 0 Å². The second-order valence-electron chi connectivity index (χ2n) is 4.41. The van der Waals surface area contributed by atoms with Crippen molar-refractivity contribution in [2.45, 2.75) is 31.8 Å². The van der Waals surface area contributed by atoms with E-state index in [0.717, 1.165) is 38.2 Å². The summed E-state index contributed by atoms with van der Waals surface area (Å²) >= 11 is 0. The highest BCUT2D eigenvalue weighted by Gasteiger charge is 2.25. The van der Waals surface area contributed by atoms with Gasteiger partial charge in [0.05, 0.1) is 12.7 Å². The number of hydrogen-bond acceptors (Lipinski definition) is 4. The van der Waals surface area contributed by atoms with Crippen LogP contribution in [0.5, 0.6) is 0 Å². The highest BCUT2D eigenvalue weighted by atomic mass is 16.5. The molecule has 2 N–H and O–H groups in total. The topological polar surface area (TPSA) is 55.3 Å². The van der Waals surface area contributed by atoms with Gasteiger partial charge >= 0.3 is 0 Å². The third-order valence-electron chi connectivity index (χ3n) is 2.87. The van der Waals surface area contributed by atoms with E-state index in [1.165, 1.54) is 0 Å². The first-order chi connectivity index (χ1) is 6.66. The lowest BCUT2D eigenvalue weighted by molar-refractivity contribution is 0.151. The minimum Gasteiger partial charge on any atom is -0.360 e. The van der Waals surface area contributed by atoms with Gasteiger partial charge in [0.2, 0.25) is 0 Å². The molecule has 0 bridgehead atoms. The molecular formula is C10H17N3O. The van der Waals surface area contributed by atoms with Crippen molar-refractivity contribution in [2.75, 3.05) is 13.1 Å². The Morgan fingerprint density at radius 1 is 1.57 bits per heavy atom. The van der Waals surface area contributed by atoms with E-state index in [4.69, 9.17) is 10.3 Å². The van der Waals surface area contributed by atoms with Crippen molar-refractivity contribution in [1.29, 1.82) is 0 Å². The number of nitrogens with two attached hydrogens (primary N) is 1. The van der Waals surface area contributed by atoms with E-state index in [-0.39, 0.29) is 5.54 Å². The number of piperidine rings is 1. The van der Waals surface area contributed by atoms with Crippen molar-refractivity contribution in [3.05, 3.63) is 18.0 Å². The molecular weight excluding hydrogens is 178 g/mol. The average molecular weight is 195 g/mol. The fraction of sp³-hybridized carbons (Fsp3) is 0.700. The summed E-state index contributed by atoms with van der Waals surface area (Å²) in [6.45, 7) is 5.08. The number of aromatic nitrogens is 1. The minimum atomic E-state index is 0.0257. The van der Waals surface area contributed by atoms with Gasteiger partial charge in [-0.15, -0.1) is 0 Å². The minimum absolute atomic E-state index is 0.0257. The maximum absolute atomic E-state index is 6.05. The third-order valence-corrected chi connectivity index (χ3v) is 2.87. The largest absolute Gasteiger partial charge is 0.360 e. The Morgan fingerprint density at radius 3 is 2.86 bits per heavy atom. The number of rotatable bonds is 2. The normalized spacial score (nSPS) is 22.4. The van der Waals surface area contributed by atoms with Gasteiger partial charge in [0, 0.05) is 24.7 Å². The first-order valence-electron chi connectivity index (χ1n) is 5.06. The zero-order chi connectivity index (χ0) is 10.0. The summed E-state index contributed by atoms with van der Waals surface area (Å²) in [7, 11) is 0. The van der Waals surface area contributed by atoms with Crippen molar-refractivity contribution < 1.29 is 4.52 Å². The maximum atomic E-state index is 6.05. The van der Waals surface area contributed by atoms with Crippen LogP contribution < -0.4 is 5.73 Å². The summed E-state index contributed by atoms with van der Waals surface area (Å²) in [5, 5.41) is 3.69. The average Bonchev–Trinajstić information content (AvgIpc) is 2.61. The Morgan fingerprint density at radius 2 is 2.29 bits per heavy atom. The van der Waals surface area contributed by atoms with Crippen LogP contribution in [0.25, 0.3) is 0 Å². The van der Waals surface area contributed by atoms with Crippen LogP contribution in [0.1, 0.15) is 25.5 Å². The summed E-state index contributed by atoms with van der Waals surface area (Å²) in [6, 6.07) is 1.91. The molecule has 1 saturated heterocycles. The van der Waals surface area contributed by atoms with E-state index in [2.05, 4.69) is 17.0 Å². The summed E-state index contributed by atoms with van der Waals surface area (Å²) in [5.41, 5.74) is 6.08. The molecule has 0 spiro atoms. The van der Waals surface area contributed by atoms with Crippen LogP contribution in [0.2, 0.25) is 0 Å². The standard InChI is InChI=1S/C10H17N3O/c1-10(11)3-6-13(7-4-10)8-9-2-5-12-14-9/h2,5H,3-4,6-8,11H2,1H3. The summed E-state index contributed by atoms with van der Waals surface area (Å²) in [5.74, 6) is 0.936. The predicted octanol–water partition coefficient (Wildman–Crippen LogP) is 0.988.